The number of β-lactam (4-membered cyclic amide) rings is 1. The molecule has 10 N–H and O–H groups in total. The Hall–Kier alpha value is -5.27. The Labute approximate surface area is 330 Å². The minimum atomic E-state index is -1.37. The van der Waals surface area contributed by atoms with Crippen molar-refractivity contribution in [2.45, 2.75) is 38.3 Å². The van der Waals surface area contributed by atoms with Crippen LogP contribution in [0.2, 0.25) is 0 Å². The molecule has 0 radical (unpaired) electrons. The minimum Gasteiger partial charge on any atom is -0.504 e. The lowest BCUT2D eigenvalue weighted by molar-refractivity contribution is -0.157. The molecule has 1 aromatic carbocycles. The van der Waals surface area contributed by atoms with Crippen LogP contribution in [0.4, 0.5) is 5.13 Å². The first-order valence-electron chi connectivity index (χ1n) is 15.8. The van der Waals surface area contributed by atoms with Gasteiger partial charge in [0.15, 0.2) is 28.2 Å². The fraction of sp³-hybridized carbons (Fsp3) is 0.333. The van der Waals surface area contributed by atoms with Crippen molar-refractivity contribution in [1.82, 2.24) is 41.8 Å². The van der Waals surface area contributed by atoms with Gasteiger partial charge in [0.2, 0.25) is 12.0 Å². The van der Waals surface area contributed by atoms with Crippen LogP contribution in [0, 0.1) is 5.41 Å². The van der Waals surface area contributed by atoms with Crippen molar-refractivity contribution in [2.75, 3.05) is 23.8 Å². The summed E-state index contributed by atoms with van der Waals surface area (Å²) in [5, 5.41) is 49.8. The number of phenols is 2. The number of hydroxylamine groups is 1. The number of rotatable bonds is 11. The average molecular weight is 840 g/mol. The van der Waals surface area contributed by atoms with E-state index in [9.17, 15) is 44.5 Å². The highest BCUT2D eigenvalue weighted by Crippen LogP contribution is 2.45. The normalized spacial score (nSPS) is 22.3. The minimum absolute atomic E-state index is 0. The van der Waals surface area contributed by atoms with Crippen LogP contribution in [0.5, 0.6) is 11.5 Å². The summed E-state index contributed by atoms with van der Waals surface area (Å²) in [5.41, 5.74) is 12.0. The van der Waals surface area contributed by atoms with Gasteiger partial charge in [0.1, 0.15) is 28.2 Å². The van der Waals surface area contributed by atoms with Crippen molar-refractivity contribution < 1.29 is 49.3 Å². The predicted molar refractivity (Wildman–Crippen MR) is 201 cm³/mol. The monoisotopic (exact) mass is 839 g/mol. The number of phenolic OH excluding ortho intramolecular Hbond substituents is 2. The van der Waals surface area contributed by atoms with Crippen LogP contribution >= 0.6 is 47.3 Å². The zero-order chi connectivity index (χ0) is 39.1. The quantitative estimate of drug-likeness (QED) is 0.0635. The third kappa shape index (κ3) is 8.23. The van der Waals surface area contributed by atoms with E-state index in [-0.39, 0.29) is 46.8 Å². The topological polar surface area (TPSA) is 297 Å². The molecule has 0 bridgehead atoms. The summed E-state index contributed by atoms with van der Waals surface area (Å²) in [6.45, 7) is 4.60. The number of nitrogens with zero attached hydrogens (tertiary/aromatic N) is 6. The number of hydrazine groups is 3. The number of benzene rings is 1. The molecule has 0 spiro atoms. The third-order valence-electron chi connectivity index (χ3n) is 8.45. The number of nitrogens with one attached hydrogen (secondary N) is 4. The molecule has 4 aliphatic heterocycles. The second-order valence-electron chi connectivity index (χ2n) is 12.3. The van der Waals surface area contributed by atoms with Crippen molar-refractivity contribution in [1.29, 1.82) is 0 Å². The fourth-order valence-electron chi connectivity index (χ4n) is 5.37. The number of aromatic nitrogens is 1. The van der Waals surface area contributed by atoms with Crippen LogP contribution in [-0.4, -0.2) is 117 Å². The van der Waals surface area contributed by atoms with Crippen molar-refractivity contribution in [3.63, 3.8) is 0 Å². The molecule has 4 aliphatic rings. The van der Waals surface area contributed by atoms with Crippen LogP contribution in [0.25, 0.3) is 0 Å². The molecule has 2 aromatic rings. The number of fused-ring (bicyclic) bond motifs is 2. The van der Waals surface area contributed by atoms with Gasteiger partial charge < -0.3 is 36.1 Å². The highest BCUT2D eigenvalue weighted by Gasteiger charge is 2.58. The summed E-state index contributed by atoms with van der Waals surface area (Å²) >= 11 is 3.43. The Morgan fingerprint density at radius 2 is 1.96 bits per heavy atom. The molecule has 0 aliphatic carbocycles. The van der Waals surface area contributed by atoms with E-state index in [2.05, 4.69) is 36.8 Å². The van der Waals surface area contributed by atoms with E-state index in [0.29, 0.717) is 22.3 Å². The number of carbonyl (C=O) groups is 5. The number of carbonyl (C=O) groups excluding carboxylic acids is 4. The molecule has 6 rings (SSSR count). The summed E-state index contributed by atoms with van der Waals surface area (Å²) < 4.78 is 0. The predicted octanol–water partition coefficient (Wildman–Crippen LogP) is 0.264. The summed E-state index contributed by atoms with van der Waals surface area (Å²) in [4.78, 5) is 79.7. The first-order valence-corrected chi connectivity index (χ1v) is 18.7. The third-order valence-corrected chi connectivity index (χ3v) is 12.0. The van der Waals surface area contributed by atoms with Gasteiger partial charge in [-0.1, -0.05) is 5.16 Å². The molecule has 21 nitrogen and oxygen atoms in total. The molecule has 4 amide bonds. The van der Waals surface area contributed by atoms with Crippen molar-refractivity contribution in [3.05, 3.63) is 57.5 Å². The number of aliphatic imine (C=N–C) groups is 1. The van der Waals surface area contributed by atoms with Gasteiger partial charge in [-0.25, -0.2) is 15.0 Å². The number of aliphatic carboxylic acids is 1. The largest absolute Gasteiger partial charge is 0.504 e. The zero-order valence-electron chi connectivity index (χ0n) is 28.9. The number of thiazole rings is 1. The molecule has 2 saturated heterocycles. The number of hydrogen-bond acceptors (Lipinski definition) is 19. The van der Waals surface area contributed by atoms with Gasteiger partial charge in [0.05, 0.1) is 5.03 Å². The van der Waals surface area contributed by atoms with E-state index in [1.807, 2.05) is 0 Å². The van der Waals surface area contributed by atoms with Crippen molar-refractivity contribution in [3.8, 4) is 11.5 Å². The van der Waals surface area contributed by atoms with Crippen LogP contribution in [0.1, 0.15) is 36.8 Å². The maximum absolute atomic E-state index is 13.5. The number of thioether (sulfide) groups is 2. The average Bonchev–Trinajstić information content (AvgIpc) is 3.70. The molecule has 1 aromatic heterocycles. The first-order chi connectivity index (χ1) is 25.6. The highest BCUT2D eigenvalue weighted by molar-refractivity contribution is 8.03. The second kappa shape index (κ2) is 16.2. The second-order valence-corrected chi connectivity index (χ2v) is 15.3. The van der Waals surface area contributed by atoms with Crippen LogP contribution < -0.4 is 27.4 Å². The van der Waals surface area contributed by atoms with Gasteiger partial charge in [0.25, 0.3) is 17.7 Å². The number of hydrogen-bond donors (Lipinski definition) is 9. The molecule has 2 fully saturated rings. The number of carboxylic acids is 1. The molecule has 5 heterocycles. The highest BCUT2D eigenvalue weighted by atomic mass is 35.5. The van der Waals surface area contributed by atoms with Gasteiger partial charge in [-0.2, -0.15) is 5.17 Å². The van der Waals surface area contributed by atoms with E-state index in [1.165, 1.54) is 51.8 Å². The standard InChI is InChI=1S/C30H33N11O10S3.ClH/c1-12-6-19(40-22(32-12)13(2)41(50)38-40)53-10-30(28(48)49)9-39-26(47)21(27(39)54-11-30)34-25(46)20(16-8-52-29(31)33-16)37-51-14(3)23(44)35-36-24(45)15-4-5-17(42)18(43)7-15;/h4-8,14,21,27,38,42-43,50H,9-11H2,1-3H3,(H2,31,33)(H,34,46)(H,35,44)(H,36,45)(H,48,49);1H/t14?,21?,27-,30?;/m1./s1. The maximum atomic E-state index is 13.5. The van der Waals surface area contributed by atoms with Gasteiger partial charge in [0, 0.05) is 34.7 Å². The van der Waals surface area contributed by atoms with E-state index in [1.54, 1.807) is 19.9 Å². The van der Waals surface area contributed by atoms with E-state index >= 15 is 0 Å². The number of anilines is 1. The molecule has 55 heavy (non-hydrogen) atoms. The molecular weight excluding hydrogens is 806 g/mol. The summed E-state index contributed by atoms with van der Waals surface area (Å²) in [6.07, 6.45) is 0.379. The van der Waals surface area contributed by atoms with Crippen LogP contribution in [0.15, 0.2) is 56.4 Å². The number of aromatic hydroxyl groups is 2. The summed E-state index contributed by atoms with van der Waals surface area (Å²) in [6, 6.07) is 2.25. The number of nitrogen functional groups attached to an aromatic ring is 1. The Bertz CT molecular complexity index is 2060. The maximum Gasteiger partial charge on any atom is 0.313 e. The van der Waals surface area contributed by atoms with Crippen molar-refractivity contribution in [2.24, 2.45) is 15.6 Å². The summed E-state index contributed by atoms with van der Waals surface area (Å²) in [7, 11) is 0. The van der Waals surface area contributed by atoms with E-state index in [4.69, 9.17) is 10.6 Å². The molecule has 4 atom stereocenters. The number of halogens is 1. The Balaban J connectivity index is 0.00000580. The zero-order valence-corrected chi connectivity index (χ0v) is 32.1. The molecule has 294 valence electrons. The van der Waals surface area contributed by atoms with Crippen molar-refractivity contribution >= 4 is 93.4 Å². The van der Waals surface area contributed by atoms with Gasteiger partial charge in [-0.15, -0.1) is 52.8 Å². The number of allylic oxidation sites excluding steroid dienone is 2. The van der Waals surface area contributed by atoms with Crippen LogP contribution in [0.3, 0.4) is 0 Å². The Morgan fingerprint density at radius 1 is 1.22 bits per heavy atom. The molecule has 3 unspecified atom stereocenters. The van der Waals surface area contributed by atoms with E-state index < -0.39 is 69.7 Å². The fourth-order valence-corrected chi connectivity index (χ4v) is 8.84. The lowest BCUT2D eigenvalue weighted by Gasteiger charge is -2.53. The van der Waals surface area contributed by atoms with Gasteiger partial charge in [-0.05, 0) is 45.0 Å². The van der Waals surface area contributed by atoms with Crippen LogP contribution in [-0.2, 0) is 24.0 Å². The Morgan fingerprint density at radius 3 is 2.64 bits per heavy atom. The van der Waals surface area contributed by atoms with Gasteiger partial charge >= 0.3 is 5.97 Å². The smallest absolute Gasteiger partial charge is 0.313 e. The number of oxime groups is 1. The summed E-state index contributed by atoms with van der Waals surface area (Å²) in [5.74, 6) is -4.52. The molecule has 0 saturated carbocycles. The number of nitrogens with two attached hydrogens (primary N) is 1. The lowest BCUT2D eigenvalue weighted by atomic mass is 9.89. The first kappa shape index (κ1) is 40.9. The molecule has 25 heteroatoms. The SMILES string of the molecule is CC1=NC2=C(C)N(O)NN2C(SCC2(C(=O)O)CS[C@@H]3C(NC(=O)C(=NOC(C)C(=O)NNC(=O)c4ccc(O)c(O)c4)c4csc(N)n4)C(=O)N3C2)=C1.Cl. The molecular formula is C30H34ClN11O10S3. The van der Waals surface area contributed by atoms with Gasteiger partial charge in [-0.3, -0.25) is 40.0 Å². The van der Waals surface area contributed by atoms with E-state index in [0.717, 1.165) is 28.6 Å². The number of amides is 4. The lowest BCUT2D eigenvalue weighted by Crippen LogP contribution is -2.74. The Kier molecular flexibility index (Phi) is 12.1. The number of carboxylic acid groups (broad SMARTS) is 1.